The van der Waals surface area contributed by atoms with Crippen molar-refractivity contribution >= 4 is 0 Å². The molecule has 2 fully saturated rings. The van der Waals surface area contributed by atoms with E-state index in [1.165, 1.54) is 0 Å². The van der Waals surface area contributed by atoms with Gasteiger partial charge in [-0.15, -0.1) is 0 Å². The first-order valence-corrected chi connectivity index (χ1v) is 9.11. The van der Waals surface area contributed by atoms with Gasteiger partial charge in [-0.05, 0) is 11.8 Å². The monoisotopic (exact) mass is 362 g/mol. The number of rotatable bonds is 4. The lowest BCUT2D eigenvalue weighted by Crippen LogP contribution is -2.64. The molecule has 148 valence electrons. The van der Waals surface area contributed by atoms with E-state index in [-0.39, 0.29) is 24.0 Å². The second-order valence-electron chi connectivity index (χ2n) is 8.32. The molecule has 0 bridgehead atoms. The van der Waals surface area contributed by atoms with Crippen LogP contribution >= 0.6 is 0 Å². The first-order chi connectivity index (χ1) is 11.6. The van der Waals surface area contributed by atoms with Crippen LogP contribution < -0.4 is 0 Å². The minimum atomic E-state index is -1.18. The Kier molecular flexibility index (Phi) is 6.87. The lowest BCUT2D eigenvalue weighted by Gasteiger charge is -2.50. The third-order valence-electron chi connectivity index (χ3n) is 5.22. The van der Waals surface area contributed by atoms with Crippen molar-refractivity contribution in [2.45, 2.75) is 90.1 Å². The van der Waals surface area contributed by atoms with Gasteiger partial charge in [0, 0.05) is 13.0 Å². The summed E-state index contributed by atoms with van der Waals surface area (Å²) >= 11 is 0. The van der Waals surface area contributed by atoms with Crippen LogP contribution in [0.5, 0.6) is 0 Å². The standard InChI is InChI=1S/C18H34O7/c1-7-10-12(20)14(15(22-6)16(24-10)18(3,4)5)25-17-13(21)11(19)9(2)8-23-17/h9-17,19-21H,7-8H2,1-6H3. The minimum absolute atomic E-state index is 0.182. The van der Waals surface area contributed by atoms with E-state index in [0.717, 1.165) is 0 Å². The predicted octanol–water partition coefficient (Wildman–Crippen LogP) is 0.685. The van der Waals surface area contributed by atoms with Gasteiger partial charge in [0.25, 0.3) is 0 Å². The molecule has 0 saturated carbocycles. The van der Waals surface area contributed by atoms with Crippen LogP contribution in [0.2, 0.25) is 0 Å². The van der Waals surface area contributed by atoms with Crippen molar-refractivity contribution in [2.24, 2.45) is 11.3 Å². The molecule has 25 heavy (non-hydrogen) atoms. The molecule has 2 rings (SSSR count). The van der Waals surface area contributed by atoms with Crippen LogP contribution in [0.4, 0.5) is 0 Å². The highest BCUT2D eigenvalue weighted by Crippen LogP contribution is 2.37. The fraction of sp³-hybridized carbons (Fsp3) is 1.00. The van der Waals surface area contributed by atoms with Crippen LogP contribution in [-0.2, 0) is 18.9 Å². The Labute approximate surface area is 150 Å². The molecular formula is C18H34O7. The Morgan fingerprint density at radius 3 is 2.20 bits per heavy atom. The minimum Gasteiger partial charge on any atom is -0.390 e. The van der Waals surface area contributed by atoms with Gasteiger partial charge in [-0.2, -0.15) is 0 Å². The number of aliphatic hydroxyl groups excluding tert-OH is 3. The van der Waals surface area contributed by atoms with Gasteiger partial charge in [0.15, 0.2) is 6.29 Å². The smallest absolute Gasteiger partial charge is 0.186 e. The Morgan fingerprint density at radius 1 is 1.04 bits per heavy atom. The first kappa shape index (κ1) is 21.0. The van der Waals surface area contributed by atoms with E-state index in [2.05, 4.69) is 0 Å². The van der Waals surface area contributed by atoms with Gasteiger partial charge < -0.3 is 34.3 Å². The summed E-state index contributed by atoms with van der Waals surface area (Å²) in [7, 11) is 1.55. The predicted molar refractivity (Wildman–Crippen MR) is 91.0 cm³/mol. The zero-order valence-electron chi connectivity index (χ0n) is 16.1. The Bertz CT molecular complexity index is 424. The Hall–Kier alpha value is -0.280. The summed E-state index contributed by atoms with van der Waals surface area (Å²) < 4.78 is 23.2. The molecule has 9 atom stereocenters. The summed E-state index contributed by atoms with van der Waals surface area (Å²) in [5.74, 6) is -0.182. The molecule has 2 aliphatic heterocycles. The van der Waals surface area contributed by atoms with Crippen molar-refractivity contribution in [1.29, 1.82) is 0 Å². The van der Waals surface area contributed by atoms with Crippen LogP contribution in [0.25, 0.3) is 0 Å². The quantitative estimate of drug-likeness (QED) is 0.677. The summed E-state index contributed by atoms with van der Waals surface area (Å²) in [5.41, 5.74) is -0.226. The zero-order valence-corrected chi connectivity index (χ0v) is 16.1. The lowest BCUT2D eigenvalue weighted by molar-refractivity contribution is -0.326. The van der Waals surface area contributed by atoms with E-state index >= 15 is 0 Å². The Morgan fingerprint density at radius 2 is 1.68 bits per heavy atom. The fourth-order valence-corrected chi connectivity index (χ4v) is 3.59. The van der Waals surface area contributed by atoms with E-state index in [0.29, 0.717) is 6.42 Å². The third-order valence-corrected chi connectivity index (χ3v) is 5.22. The largest absolute Gasteiger partial charge is 0.390 e. The third kappa shape index (κ3) is 4.35. The van der Waals surface area contributed by atoms with Crippen molar-refractivity contribution < 1.29 is 34.3 Å². The zero-order chi connectivity index (χ0) is 18.9. The SMILES string of the molecule is CCC1OC(C(C)(C)C)C(OC)C(OC2OCC(C)C(O)C2O)C1O. The molecule has 0 aliphatic carbocycles. The highest BCUT2D eigenvalue weighted by Gasteiger charge is 2.51. The first-order valence-electron chi connectivity index (χ1n) is 9.11. The van der Waals surface area contributed by atoms with E-state index in [9.17, 15) is 15.3 Å². The number of methoxy groups -OCH3 is 1. The van der Waals surface area contributed by atoms with Crippen LogP contribution in [0.15, 0.2) is 0 Å². The second-order valence-corrected chi connectivity index (χ2v) is 8.32. The number of ether oxygens (including phenoxy) is 4. The van der Waals surface area contributed by atoms with Gasteiger partial charge in [0.2, 0.25) is 0 Å². The molecule has 9 unspecified atom stereocenters. The maximum Gasteiger partial charge on any atom is 0.186 e. The van der Waals surface area contributed by atoms with E-state index in [4.69, 9.17) is 18.9 Å². The van der Waals surface area contributed by atoms with E-state index in [1.807, 2.05) is 27.7 Å². The molecule has 7 heteroatoms. The van der Waals surface area contributed by atoms with Gasteiger partial charge >= 0.3 is 0 Å². The highest BCUT2D eigenvalue weighted by molar-refractivity contribution is 4.98. The maximum absolute atomic E-state index is 10.7. The number of hydrogen-bond acceptors (Lipinski definition) is 7. The summed E-state index contributed by atoms with van der Waals surface area (Å²) in [6.45, 7) is 10.1. The fourth-order valence-electron chi connectivity index (χ4n) is 3.59. The van der Waals surface area contributed by atoms with Crippen molar-refractivity contribution in [3.63, 3.8) is 0 Å². The summed E-state index contributed by atoms with van der Waals surface area (Å²) in [4.78, 5) is 0. The molecule has 0 spiro atoms. The summed E-state index contributed by atoms with van der Waals surface area (Å²) in [6, 6.07) is 0. The molecule has 0 aromatic rings. The van der Waals surface area contributed by atoms with E-state index in [1.54, 1.807) is 14.0 Å². The molecule has 0 aromatic heterocycles. The van der Waals surface area contributed by atoms with Crippen LogP contribution in [-0.4, -0.2) is 78.1 Å². The molecule has 7 nitrogen and oxygen atoms in total. The topological polar surface area (TPSA) is 97.6 Å². The van der Waals surface area contributed by atoms with Gasteiger partial charge in [-0.3, -0.25) is 0 Å². The number of aliphatic hydroxyl groups is 3. The molecule has 0 amide bonds. The normalized spacial score (nSPS) is 46.2. The summed E-state index contributed by atoms with van der Waals surface area (Å²) in [6.07, 6.45) is -5.36. The van der Waals surface area contributed by atoms with Crippen LogP contribution in [0.3, 0.4) is 0 Å². The van der Waals surface area contributed by atoms with Crippen molar-refractivity contribution in [2.75, 3.05) is 13.7 Å². The van der Waals surface area contributed by atoms with E-state index < -0.39 is 42.9 Å². The molecule has 3 N–H and O–H groups in total. The van der Waals surface area contributed by atoms with Gasteiger partial charge in [0.05, 0.1) is 24.9 Å². The molecule has 2 saturated heterocycles. The highest BCUT2D eigenvalue weighted by atomic mass is 16.7. The van der Waals surface area contributed by atoms with Crippen molar-refractivity contribution in [3.05, 3.63) is 0 Å². The average Bonchev–Trinajstić information content (AvgIpc) is 2.55. The van der Waals surface area contributed by atoms with Gasteiger partial charge in [-0.25, -0.2) is 0 Å². The van der Waals surface area contributed by atoms with Crippen LogP contribution in [0.1, 0.15) is 41.0 Å². The van der Waals surface area contributed by atoms with Crippen molar-refractivity contribution in [3.8, 4) is 0 Å². The number of hydrogen-bond donors (Lipinski definition) is 3. The van der Waals surface area contributed by atoms with Gasteiger partial charge in [-0.1, -0.05) is 34.6 Å². The lowest BCUT2D eigenvalue weighted by atomic mass is 9.79. The van der Waals surface area contributed by atoms with Gasteiger partial charge in [0.1, 0.15) is 24.4 Å². The Balaban J connectivity index is 2.22. The van der Waals surface area contributed by atoms with Crippen molar-refractivity contribution in [1.82, 2.24) is 0 Å². The molecule has 0 aromatic carbocycles. The molecule has 2 aliphatic rings. The molecule has 2 heterocycles. The maximum atomic E-state index is 10.7. The summed E-state index contributed by atoms with van der Waals surface area (Å²) in [5, 5.41) is 31.1. The average molecular weight is 362 g/mol. The second kappa shape index (κ2) is 8.17. The molecular weight excluding hydrogens is 328 g/mol. The van der Waals surface area contributed by atoms with Crippen LogP contribution in [0, 0.1) is 11.3 Å². The molecule has 0 radical (unpaired) electrons.